The minimum atomic E-state index is -0.450. The maximum Gasteiger partial charge on any atom is 0.235 e. The topological polar surface area (TPSA) is 68.9 Å². The number of fused-ring (bicyclic) bond motifs is 1. The normalized spacial score (nSPS) is 12.4. The Hall–Kier alpha value is -1.92. The Bertz CT molecular complexity index is 742. The Labute approximate surface area is 124 Å². The van der Waals surface area contributed by atoms with Crippen LogP contribution in [0.15, 0.2) is 53.1 Å². The zero-order valence-corrected chi connectivity index (χ0v) is 12.0. The van der Waals surface area contributed by atoms with E-state index in [1.54, 1.807) is 11.3 Å². The maximum atomic E-state index is 11.7. The van der Waals surface area contributed by atoms with Crippen molar-refractivity contribution in [1.82, 2.24) is 9.97 Å². The van der Waals surface area contributed by atoms with Crippen LogP contribution in [-0.2, 0) is 4.79 Å². The van der Waals surface area contributed by atoms with E-state index in [4.69, 9.17) is 5.73 Å². The third kappa shape index (κ3) is 2.52. The summed E-state index contributed by atoms with van der Waals surface area (Å²) in [5.41, 5.74) is 6.42. The van der Waals surface area contributed by atoms with Crippen LogP contribution in [0.4, 0.5) is 0 Å². The smallest absolute Gasteiger partial charge is 0.235 e. The molecular formula is C14H11N3OS2. The molecule has 20 heavy (non-hydrogen) atoms. The van der Waals surface area contributed by atoms with Gasteiger partial charge in [-0.05, 0) is 17.0 Å². The van der Waals surface area contributed by atoms with Crippen LogP contribution in [0.3, 0.4) is 0 Å². The number of benzene rings is 1. The Kier molecular flexibility index (Phi) is 3.66. The van der Waals surface area contributed by atoms with Crippen LogP contribution in [0.1, 0.15) is 10.8 Å². The lowest BCUT2D eigenvalue weighted by Gasteiger charge is -2.13. The molecule has 1 atom stereocenters. The average Bonchev–Trinajstić information content (AvgIpc) is 2.94. The summed E-state index contributed by atoms with van der Waals surface area (Å²) < 4.78 is 0. The second-order valence-electron chi connectivity index (χ2n) is 4.13. The molecule has 0 spiro atoms. The fourth-order valence-electron chi connectivity index (χ4n) is 1.89. The fourth-order valence-corrected chi connectivity index (χ4v) is 3.72. The molecule has 0 radical (unpaired) electrons. The van der Waals surface area contributed by atoms with E-state index in [0.717, 1.165) is 20.8 Å². The van der Waals surface area contributed by atoms with E-state index in [9.17, 15) is 4.79 Å². The molecule has 1 amide bonds. The first kappa shape index (κ1) is 13.1. The number of primary amides is 1. The average molecular weight is 301 g/mol. The molecule has 2 aromatic heterocycles. The van der Waals surface area contributed by atoms with Gasteiger partial charge in [-0.1, -0.05) is 42.1 Å². The molecule has 0 fully saturated rings. The summed E-state index contributed by atoms with van der Waals surface area (Å²) >= 11 is 2.92. The number of aromatic nitrogens is 2. The summed E-state index contributed by atoms with van der Waals surface area (Å²) in [4.78, 5) is 21.1. The third-order valence-corrected chi connectivity index (χ3v) is 4.92. The number of nitrogens with zero attached hydrogens (tertiary/aromatic N) is 2. The molecule has 1 aromatic carbocycles. The molecule has 1 unspecified atom stereocenters. The number of hydrogen-bond acceptors (Lipinski definition) is 5. The number of nitrogens with two attached hydrogens (primary N) is 1. The highest BCUT2D eigenvalue weighted by Gasteiger charge is 2.21. The molecule has 100 valence electrons. The van der Waals surface area contributed by atoms with Crippen LogP contribution in [0, 0.1) is 0 Å². The minimum absolute atomic E-state index is 0.372. The second kappa shape index (κ2) is 5.60. The van der Waals surface area contributed by atoms with Gasteiger partial charge in [0.1, 0.15) is 21.4 Å². The van der Waals surface area contributed by atoms with E-state index in [-0.39, 0.29) is 5.91 Å². The number of amides is 1. The van der Waals surface area contributed by atoms with Crippen molar-refractivity contribution in [1.29, 1.82) is 0 Å². The predicted octanol–water partition coefficient (Wildman–Crippen LogP) is 3.01. The molecule has 0 aliphatic rings. The highest BCUT2D eigenvalue weighted by molar-refractivity contribution is 8.00. The summed E-state index contributed by atoms with van der Waals surface area (Å²) in [6, 6.07) is 11.5. The summed E-state index contributed by atoms with van der Waals surface area (Å²) in [6.45, 7) is 0. The zero-order chi connectivity index (χ0) is 13.9. The zero-order valence-electron chi connectivity index (χ0n) is 10.4. The van der Waals surface area contributed by atoms with Crippen molar-refractivity contribution in [3.8, 4) is 0 Å². The molecule has 3 aromatic rings. The van der Waals surface area contributed by atoms with Crippen LogP contribution in [0.5, 0.6) is 0 Å². The third-order valence-electron chi connectivity index (χ3n) is 2.82. The molecule has 0 saturated heterocycles. The Balaban J connectivity index is 1.99. The van der Waals surface area contributed by atoms with Crippen molar-refractivity contribution >= 4 is 39.2 Å². The van der Waals surface area contributed by atoms with Gasteiger partial charge in [-0.15, -0.1) is 11.3 Å². The summed E-state index contributed by atoms with van der Waals surface area (Å²) in [7, 11) is 0. The molecule has 2 heterocycles. The number of hydrogen-bond donors (Lipinski definition) is 1. The fraction of sp³-hybridized carbons (Fsp3) is 0.0714. The first-order chi connectivity index (χ1) is 9.75. The van der Waals surface area contributed by atoms with E-state index in [0.29, 0.717) is 0 Å². The summed E-state index contributed by atoms with van der Waals surface area (Å²) in [5.74, 6) is -0.372. The lowest BCUT2D eigenvalue weighted by Crippen LogP contribution is -2.19. The van der Waals surface area contributed by atoms with Gasteiger partial charge in [0.15, 0.2) is 0 Å². The van der Waals surface area contributed by atoms with E-state index in [1.807, 2.05) is 41.8 Å². The molecule has 0 aliphatic carbocycles. The molecule has 0 bridgehead atoms. The number of carbonyl (C=O) groups is 1. The Morgan fingerprint density at radius 1 is 1.20 bits per heavy atom. The minimum Gasteiger partial charge on any atom is -0.368 e. The molecule has 2 N–H and O–H groups in total. The summed E-state index contributed by atoms with van der Waals surface area (Å²) in [6.07, 6.45) is 1.52. The van der Waals surface area contributed by atoms with Crippen LogP contribution < -0.4 is 5.73 Å². The van der Waals surface area contributed by atoms with Crippen LogP contribution >= 0.6 is 23.1 Å². The number of carbonyl (C=O) groups excluding carboxylic acids is 1. The van der Waals surface area contributed by atoms with E-state index in [1.165, 1.54) is 18.1 Å². The monoisotopic (exact) mass is 301 g/mol. The van der Waals surface area contributed by atoms with Gasteiger partial charge in [-0.3, -0.25) is 4.79 Å². The first-order valence-corrected chi connectivity index (χ1v) is 7.71. The van der Waals surface area contributed by atoms with Crippen molar-refractivity contribution in [2.75, 3.05) is 0 Å². The molecule has 3 rings (SSSR count). The second-order valence-corrected chi connectivity index (χ2v) is 6.12. The van der Waals surface area contributed by atoms with Crippen LogP contribution in [0.2, 0.25) is 0 Å². The van der Waals surface area contributed by atoms with Crippen molar-refractivity contribution in [2.45, 2.75) is 10.3 Å². The maximum absolute atomic E-state index is 11.7. The highest BCUT2D eigenvalue weighted by Crippen LogP contribution is 2.37. The van der Waals surface area contributed by atoms with Gasteiger partial charge in [0.05, 0.1) is 0 Å². The standard InChI is InChI=1S/C14H11N3OS2/c15-12(18)11(9-4-2-1-3-5-9)20-14-10-6-7-19-13(10)16-8-17-14/h1-8,11H,(H2,15,18). The number of rotatable bonds is 4. The lowest BCUT2D eigenvalue weighted by atomic mass is 10.1. The van der Waals surface area contributed by atoms with Gasteiger partial charge in [-0.25, -0.2) is 9.97 Å². The van der Waals surface area contributed by atoms with Gasteiger partial charge < -0.3 is 5.73 Å². The SMILES string of the molecule is NC(=O)C(Sc1ncnc2sccc12)c1ccccc1. The summed E-state index contributed by atoms with van der Waals surface area (Å²) in [5, 5.41) is 3.26. The van der Waals surface area contributed by atoms with Crippen LogP contribution in [-0.4, -0.2) is 15.9 Å². The first-order valence-electron chi connectivity index (χ1n) is 5.95. The van der Waals surface area contributed by atoms with E-state index < -0.39 is 5.25 Å². The van der Waals surface area contributed by atoms with Gasteiger partial charge in [0.25, 0.3) is 0 Å². The molecular weight excluding hydrogens is 290 g/mol. The van der Waals surface area contributed by atoms with Crippen LogP contribution in [0.25, 0.3) is 10.2 Å². The van der Waals surface area contributed by atoms with Gasteiger partial charge in [-0.2, -0.15) is 0 Å². The number of thioether (sulfide) groups is 1. The lowest BCUT2D eigenvalue weighted by molar-refractivity contribution is -0.117. The molecule has 0 aliphatic heterocycles. The Morgan fingerprint density at radius 2 is 2.00 bits per heavy atom. The molecule has 4 nitrogen and oxygen atoms in total. The van der Waals surface area contributed by atoms with Gasteiger partial charge in [0.2, 0.25) is 5.91 Å². The van der Waals surface area contributed by atoms with Gasteiger partial charge in [0, 0.05) is 5.39 Å². The van der Waals surface area contributed by atoms with Gasteiger partial charge >= 0.3 is 0 Å². The van der Waals surface area contributed by atoms with Crippen molar-refractivity contribution in [3.05, 3.63) is 53.7 Å². The molecule has 0 saturated carbocycles. The van der Waals surface area contributed by atoms with Crippen molar-refractivity contribution in [2.24, 2.45) is 5.73 Å². The number of thiophene rings is 1. The van der Waals surface area contributed by atoms with E-state index >= 15 is 0 Å². The quantitative estimate of drug-likeness (QED) is 0.594. The molecule has 6 heteroatoms. The highest BCUT2D eigenvalue weighted by atomic mass is 32.2. The Morgan fingerprint density at radius 3 is 2.75 bits per heavy atom. The predicted molar refractivity (Wildman–Crippen MR) is 81.6 cm³/mol. The van der Waals surface area contributed by atoms with Crippen molar-refractivity contribution < 1.29 is 4.79 Å². The van der Waals surface area contributed by atoms with Crippen molar-refractivity contribution in [3.63, 3.8) is 0 Å². The van der Waals surface area contributed by atoms with E-state index in [2.05, 4.69) is 9.97 Å². The largest absolute Gasteiger partial charge is 0.368 e.